The van der Waals surface area contributed by atoms with Gasteiger partial charge in [0.2, 0.25) is 0 Å². The number of ether oxygens (including phenoxy) is 2. The fourth-order valence-corrected chi connectivity index (χ4v) is 7.07. The van der Waals surface area contributed by atoms with E-state index in [4.69, 9.17) is 9.47 Å². The molecule has 2 bridgehead atoms. The number of carbonyl (C=O) groups excluding carboxylic acids is 1. The van der Waals surface area contributed by atoms with Crippen molar-refractivity contribution in [3.05, 3.63) is 126 Å². The maximum Gasteiger partial charge on any atom is 0.410 e. The van der Waals surface area contributed by atoms with Crippen molar-refractivity contribution in [2.75, 3.05) is 19.8 Å². The van der Waals surface area contributed by atoms with E-state index in [0.717, 1.165) is 6.42 Å². The molecule has 1 saturated heterocycles. The van der Waals surface area contributed by atoms with Crippen molar-refractivity contribution in [1.29, 1.82) is 0 Å². The van der Waals surface area contributed by atoms with Crippen LogP contribution in [0.1, 0.15) is 29.0 Å². The number of hydrogen-bond acceptors (Lipinski definition) is 3. The van der Waals surface area contributed by atoms with Crippen molar-refractivity contribution in [2.24, 2.45) is 0 Å². The summed E-state index contributed by atoms with van der Waals surface area (Å²) in [6.07, 6.45) is 2.72. The molecule has 5 aromatic rings. The average molecular weight is 524 g/mol. The average Bonchev–Trinajstić information content (AvgIpc) is 3.32. The molecule has 8 rings (SSSR count). The highest BCUT2D eigenvalue weighted by Crippen LogP contribution is 2.45. The van der Waals surface area contributed by atoms with Gasteiger partial charge in [0.15, 0.2) is 0 Å². The number of amides is 1. The second kappa shape index (κ2) is 9.35. The van der Waals surface area contributed by atoms with E-state index in [2.05, 4.69) is 109 Å². The van der Waals surface area contributed by atoms with Gasteiger partial charge in [-0.3, -0.25) is 4.90 Å². The Morgan fingerprint density at radius 3 is 2.15 bits per heavy atom. The predicted molar refractivity (Wildman–Crippen MR) is 159 cm³/mol. The molecular weight excluding hydrogens is 494 g/mol. The molecule has 2 aliphatic heterocycles. The van der Waals surface area contributed by atoms with Crippen LogP contribution in [0.15, 0.2) is 109 Å². The number of carbonyl (C=O) groups is 1. The highest BCUT2D eigenvalue weighted by Gasteiger charge is 2.40. The minimum atomic E-state index is -0.251. The van der Waals surface area contributed by atoms with Crippen molar-refractivity contribution in [2.45, 2.75) is 24.4 Å². The minimum Gasteiger partial charge on any atom is -0.448 e. The van der Waals surface area contributed by atoms with Crippen LogP contribution >= 0.6 is 0 Å². The van der Waals surface area contributed by atoms with Crippen LogP contribution in [0.4, 0.5) is 4.79 Å². The number of fused-ring (bicyclic) bond motifs is 8. The molecule has 5 aromatic carbocycles. The van der Waals surface area contributed by atoms with Gasteiger partial charge >= 0.3 is 6.09 Å². The Bertz CT molecular complexity index is 1780. The zero-order valence-corrected chi connectivity index (χ0v) is 22.1. The van der Waals surface area contributed by atoms with E-state index in [0.29, 0.717) is 19.8 Å². The largest absolute Gasteiger partial charge is 0.448 e. The number of benzene rings is 5. The standard InChI is InChI=1S/C36H29NO3/c38-36(40-22-35-32-15-7-4-12-29(32)30-13-5-8-16-33(30)35)37-25-17-24(18-26(37)21-39-20-25)34-19-23-9-1-2-10-27(23)28-11-3-6-14-31(28)34/h1-17,19,25-26,35H,18,20-22H2. The van der Waals surface area contributed by atoms with Crippen molar-refractivity contribution in [1.82, 2.24) is 4.90 Å². The minimum absolute atomic E-state index is 0.0484. The number of morpholine rings is 1. The van der Waals surface area contributed by atoms with Gasteiger partial charge in [-0.15, -0.1) is 0 Å². The second-order valence-electron chi connectivity index (χ2n) is 11.1. The van der Waals surface area contributed by atoms with Crippen molar-refractivity contribution < 1.29 is 14.3 Å². The first-order chi connectivity index (χ1) is 19.8. The Morgan fingerprint density at radius 1 is 0.750 bits per heavy atom. The highest BCUT2D eigenvalue weighted by molar-refractivity contribution is 6.12. The van der Waals surface area contributed by atoms with Gasteiger partial charge in [-0.1, -0.05) is 103 Å². The molecule has 196 valence electrons. The van der Waals surface area contributed by atoms with Crippen molar-refractivity contribution in [3.8, 4) is 11.1 Å². The fourth-order valence-electron chi connectivity index (χ4n) is 7.07. The number of rotatable bonds is 3. The molecule has 0 N–H and O–H groups in total. The third kappa shape index (κ3) is 3.67. The first-order valence-electron chi connectivity index (χ1n) is 14.1. The number of hydrogen-bond donors (Lipinski definition) is 0. The number of nitrogens with zero attached hydrogens (tertiary/aromatic N) is 1. The third-order valence-corrected chi connectivity index (χ3v) is 8.86. The lowest BCUT2D eigenvalue weighted by atomic mass is 9.86. The highest BCUT2D eigenvalue weighted by atomic mass is 16.6. The van der Waals surface area contributed by atoms with Gasteiger partial charge in [-0.05, 0) is 67.4 Å². The normalized spacial score (nSPS) is 19.8. The van der Waals surface area contributed by atoms with Crippen LogP contribution < -0.4 is 0 Å². The van der Waals surface area contributed by atoms with Crippen LogP contribution in [-0.2, 0) is 9.47 Å². The van der Waals surface area contributed by atoms with Crippen LogP contribution in [0.2, 0.25) is 0 Å². The topological polar surface area (TPSA) is 38.8 Å². The summed E-state index contributed by atoms with van der Waals surface area (Å²) in [5.74, 6) is 0.0484. The summed E-state index contributed by atoms with van der Waals surface area (Å²) in [5, 5.41) is 5.01. The van der Waals surface area contributed by atoms with Crippen LogP contribution in [0, 0.1) is 0 Å². The lowest BCUT2D eigenvalue weighted by molar-refractivity contribution is -0.0331. The zero-order valence-electron chi connectivity index (χ0n) is 22.1. The van der Waals surface area contributed by atoms with Gasteiger partial charge in [0, 0.05) is 5.92 Å². The van der Waals surface area contributed by atoms with Crippen LogP contribution in [0.5, 0.6) is 0 Å². The predicted octanol–water partition coefficient (Wildman–Crippen LogP) is 7.80. The van der Waals surface area contributed by atoms with E-state index < -0.39 is 0 Å². The molecule has 2 unspecified atom stereocenters. The third-order valence-electron chi connectivity index (χ3n) is 8.86. The van der Waals surface area contributed by atoms with E-state index in [-0.39, 0.29) is 24.1 Å². The molecule has 1 fully saturated rings. The summed E-state index contributed by atoms with van der Waals surface area (Å²) in [5.41, 5.74) is 7.45. The molecule has 2 heterocycles. The summed E-state index contributed by atoms with van der Waals surface area (Å²) in [7, 11) is 0. The molecule has 3 aliphatic rings. The first kappa shape index (κ1) is 23.5. The van der Waals surface area contributed by atoms with Gasteiger partial charge < -0.3 is 9.47 Å². The summed E-state index contributed by atoms with van der Waals surface area (Å²) < 4.78 is 12.0. The quantitative estimate of drug-likeness (QED) is 0.227. The summed E-state index contributed by atoms with van der Waals surface area (Å²) in [6, 6.07) is 36.2. The summed E-state index contributed by atoms with van der Waals surface area (Å²) in [4.78, 5) is 15.6. The van der Waals surface area contributed by atoms with Gasteiger partial charge in [-0.25, -0.2) is 4.79 Å². The van der Waals surface area contributed by atoms with E-state index in [1.165, 1.54) is 54.9 Å². The lowest BCUT2D eigenvalue weighted by Gasteiger charge is -2.44. The summed E-state index contributed by atoms with van der Waals surface area (Å²) >= 11 is 0. The van der Waals surface area contributed by atoms with Gasteiger partial charge in [0.1, 0.15) is 6.61 Å². The maximum absolute atomic E-state index is 13.6. The van der Waals surface area contributed by atoms with E-state index in [1.54, 1.807) is 0 Å². The Labute approximate surface area is 233 Å². The van der Waals surface area contributed by atoms with Gasteiger partial charge in [-0.2, -0.15) is 0 Å². The van der Waals surface area contributed by atoms with E-state index in [1.807, 2.05) is 4.90 Å². The van der Waals surface area contributed by atoms with Crippen LogP contribution in [-0.4, -0.2) is 42.9 Å². The molecule has 1 aliphatic carbocycles. The van der Waals surface area contributed by atoms with E-state index in [9.17, 15) is 4.79 Å². The molecule has 1 amide bonds. The lowest BCUT2D eigenvalue weighted by Crippen LogP contribution is -2.56. The Morgan fingerprint density at radius 2 is 1.40 bits per heavy atom. The molecule has 4 heteroatoms. The first-order valence-corrected chi connectivity index (χ1v) is 14.1. The smallest absolute Gasteiger partial charge is 0.410 e. The monoisotopic (exact) mass is 523 g/mol. The maximum atomic E-state index is 13.6. The molecule has 2 atom stereocenters. The molecule has 0 spiro atoms. The Balaban J connectivity index is 1.09. The fraction of sp³-hybridized carbons (Fsp3) is 0.194. The molecule has 4 nitrogen and oxygen atoms in total. The Hall–Kier alpha value is -4.41. The molecule has 0 radical (unpaired) electrons. The second-order valence-corrected chi connectivity index (χ2v) is 11.1. The van der Waals surface area contributed by atoms with Gasteiger partial charge in [0.25, 0.3) is 0 Å². The molecular formula is C36H29NO3. The summed E-state index contributed by atoms with van der Waals surface area (Å²) in [6.45, 7) is 1.33. The molecule has 0 saturated carbocycles. The van der Waals surface area contributed by atoms with Crippen molar-refractivity contribution >= 4 is 33.2 Å². The van der Waals surface area contributed by atoms with Crippen LogP contribution in [0.25, 0.3) is 38.2 Å². The zero-order chi connectivity index (χ0) is 26.6. The Kier molecular flexibility index (Phi) is 5.49. The molecule has 40 heavy (non-hydrogen) atoms. The molecule has 0 aromatic heterocycles. The van der Waals surface area contributed by atoms with Crippen molar-refractivity contribution in [3.63, 3.8) is 0 Å². The van der Waals surface area contributed by atoms with E-state index >= 15 is 0 Å². The van der Waals surface area contributed by atoms with Crippen LogP contribution in [0.3, 0.4) is 0 Å². The SMILES string of the molecule is O=C(OCC1c2ccccc2-c2ccccc21)N1C2C=C(c3cc4ccccc4c4ccccc34)CC1COC2. The van der Waals surface area contributed by atoms with Gasteiger partial charge in [0.05, 0.1) is 25.3 Å².